The summed E-state index contributed by atoms with van der Waals surface area (Å²) in [6.45, 7) is 1.18. The average molecular weight is 347 g/mol. The standard InChI is InChI=1S/C16H14FN3O5/c17-12-3-1-11(2-4-12)15(21)18-7-9-19(10-8-18)16(22)13-5-6-14(25-13)20(23)24/h1-6H,7-10H2. The van der Waals surface area contributed by atoms with Gasteiger partial charge in [0.1, 0.15) is 10.7 Å². The fourth-order valence-corrected chi connectivity index (χ4v) is 2.58. The number of amides is 2. The molecule has 2 amide bonds. The summed E-state index contributed by atoms with van der Waals surface area (Å²) >= 11 is 0. The summed E-state index contributed by atoms with van der Waals surface area (Å²) in [6, 6.07) is 7.65. The Hall–Kier alpha value is -3.23. The van der Waals surface area contributed by atoms with Gasteiger partial charge in [0.15, 0.2) is 5.76 Å². The number of nitrogens with zero attached hydrogens (tertiary/aromatic N) is 3. The van der Waals surface area contributed by atoms with Gasteiger partial charge in [-0.1, -0.05) is 0 Å². The zero-order valence-corrected chi connectivity index (χ0v) is 13.1. The second-order valence-electron chi connectivity index (χ2n) is 5.49. The molecule has 1 aliphatic heterocycles. The van der Waals surface area contributed by atoms with E-state index in [-0.39, 0.29) is 24.8 Å². The van der Waals surface area contributed by atoms with Crippen LogP contribution >= 0.6 is 0 Å². The van der Waals surface area contributed by atoms with Gasteiger partial charge in [0.25, 0.3) is 11.8 Å². The number of carbonyl (C=O) groups excluding carboxylic acids is 2. The van der Waals surface area contributed by atoms with Crippen molar-refractivity contribution in [3.63, 3.8) is 0 Å². The van der Waals surface area contributed by atoms with Crippen molar-refractivity contribution in [2.24, 2.45) is 0 Å². The minimum Gasteiger partial charge on any atom is -0.395 e. The third-order valence-corrected chi connectivity index (χ3v) is 3.93. The number of rotatable bonds is 3. The number of nitro groups is 1. The summed E-state index contributed by atoms with van der Waals surface area (Å²) in [7, 11) is 0. The number of hydrogen-bond acceptors (Lipinski definition) is 5. The van der Waals surface area contributed by atoms with E-state index < -0.39 is 22.5 Å². The van der Waals surface area contributed by atoms with Crippen molar-refractivity contribution in [2.75, 3.05) is 26.2 Å². The van der Waals surface area contributed by atoms with Gasteiger partial charge in [-0.3, -0.25) is 19.7 Å². The van der Waals surface area contributed by atoms with Gasteiger partial charge in [-0.15, -0.1) is 0 Å². The lowest BCUT2D eigenvalue weighted by Gasteiger charge is -2.34. The molecule has 0 saturated carbocycles. The van der Waals surface area contributed by atoms with Crippen LogP contribution in [0.2, 0.25) is 0 Å². The second-order valence-corrected chi connectivity index (χ2v) is 5.49. The van der Waals surface area contributed by atoms with Crippen molar-refractivity contribution in [1.29, 1.82) is 0 Å². The summed E-state index contributed by atoms with van der Waals surface area (Å²) in [6.07, 6.45) is 0. The van der Waals surface area contributed by atoms with Crippen molar-refractivity contribution < 1.29 is 23.3 Å². The van der Waals surface area contributed by atoms with Gasteiger partial charge in [-0.2, -0.15) is 0 Å². The number of furan rings is 1. The summed E-state index contributed by atoms with van der Waals surface area (Å²) in [5.41, 5.74) is 0.378. The van der Waals surface area contributed by atoms with Crippen LogP contribution in [0, 0.1) is 15.9 Å². The molecular weight excluding hydrogens is 333 g/mol. The van der Waals surface area contributed by atoms with Crippen LogP contribution in [0.4, 0.5) is 10.3 Å². The van der Waals surface area contributed by atoms with E-state index in [1.165, 1.54) is 35.2 Å². The van der Waals surface area contributed by atoms with Gasteiger partial charge in [0.2, 0.25) is 0 Å². The smallest absolute Gasteiger partial charge is 0.395 e. The van der Waals surface area contributed by atoms with Crippen molar-refractivity contribution >= 4 is 17.7 Å². The maximum atomic E-state index is 12.9. The lowest BCUT2D eigenvalue weighted by molar-refractivity contribution is -0.402. The molecule has 2 heterocycles. The van der Waals surface area contributed by atoms with Crippen LogP contribution in [0.3, 0.4) is 0 Å². The Morgan fingerprint density at radius 3 is 2.04 bits per heavy atom. The SMILES string of the molecule is O=C(c1ccc(F)cc1)N1CCN(C(=O)c2ccc([N+](=O)[O-])o2)CC1. The number of halogens is 1. The third-order valence-electron chi connectivity index (χ3n) is 3.93. The van der Waals surface area contributed by atoms with E-state index >= 15 is 0 Å². The highest BCUT2D eigenvalue weighted by Gasteiger charge is 2.28. The predicted molar refractivity (Wildman–Crippen MR) is 83.6 cm³/mol. The Kier molecular flexibility index (Phi) is 4.46. The highest BCUT2D eigenvalue weighted by atomic mass is 19.1. The summed E-state index contributed by atoms with van der Waals surface area (Å²) < 4.78 is 17.8. The molecule has 0 aliphatic carbocycles. The molecule has 0 spiro atoms. The number of hydrogen-bond donors (Lipinski definition) is 0. The zero-order chi connectivity index (χ0) is 18.0. The van der Waals surface area contributed by atoms with Crippen molar-refractivity contribution in [3.8, 4) is 0 Å². The van der Waals surface area contributed by atoms with Gasteiger partial charge < -0.3 is 14.2 Å². The topological polar surface area (TPSA) is 96.9 Å². The molecular formula is C16H14FN3O5. The first-order valence-electron chi connectivity index (χ1n) is 7.54. The highest BCUT2D eigenvalue weighted by Crippen LogP contribution is 2.18. The van der Waals surface area contributed by atoms with Gasteiger partial charge in [-0.05, 0) is 30.3 Å². The summed E-state index contributed by atoms with van der Waals surface area (Å²) in [5.74, 6) is -1.71. The maximum absolute atomic E-state index is 12.9. The number of carbonyl (C=O) groups is 2. The van der Waals surface area contributed by atoms with E-state index in [9.17, 15) is 24.1 Å². The van der Waals surface area contributed by atoms with Crippen LogP contribution < -0.4 is 0 Å². The average Bonchev–Trinajstić information content (AvgIpc) is 3.12. The van der Waals surface area contributed by atoms with Crippen LogP contribution in [0.1, 0.15) is 20.9 Å². The Labute approximate surface area is 141 Å². The molecule has 130 valence electrons. The molecule has 25 heavy (non-hydrogen) atoms. The van der Waals surface area contributed by atoms with Crippen LogP contribution in [-0.2, 0) is 0 Å². The molecule has 0 atom stereocenters. The minimum absolute atomic E-state index is 0.106. The van der Waals surface area contributed by atoms with E-state index in [0.717, 1.165) is 6.07 Å². The van der Waals surface area contributed by atoms with Crippen LogP contribution in [0.5, 0.6) is 0 Å². The largest absolute Gasteiger partial charge is 0.433 e. The molecule has 0 unspecified atom stereocenters. The first-order valence-corrected chi connectivity index (χ1v) is 7.54. The summed E-state index contributed by atoms with van der Waals surface area (Å²) in [5, 5.41) is 10.6. The van der Waals surface area contributed by atoms with Crippen molar-refractivity contribution in [3.05, 3.63) is 63.7 Å². The lowest BCUT2D eigenvalue weighted by Crippen LogP contribution is -2.50. The molecule has 0 bridgehead atoms. The highest BCUT2D eigenvalue weighted by molar-refractivity contribution is 5.95. The van der Waals surface area contributed by atoms with Crippen molar-refractivity contribution in [2.45, 2.75) is 0 Å². The van der Waals surface area contributed by atoms with E-state index in [1.807, 2.05) is 0 Å². The lowest BCUT2D eigenvalue weighted by atomic mass is 10.1. The minimum atomic E-state index is -0.712. The molecule has 2 aromatic rings. The zero-order valence-electron chi connectivity index (χ0n) is 13.1. The fraction of sp³-hybridized carbons (Fsp3) is 0.250. The maximum Gasteiger partial charge on any atom is 0.433 e. The molecule has 3 rings (SSSR count). The van der Waals surface area contributed by atoms with Crippen LogP contribution in [0.25, 0.3) is 0 Å². The molecule has 1 fully saturated rings. The fourth-order valence-electron chi connectivity index (χ4n) is 2.58. The molecule has 1 saturated heterocycles. The Bertz CT molecular complexity index is 809. The number of benzene rings is 1. The Morgan fingerprint density at radius 1 is 0.960 bits per heavy atom. The van der Waals surface area contributed by atoms with Gasteiger partial charge in [0.05, 0.1) is 6.07 Å². The first-order chi connectivity index (χ1) is 12.0. The van der Waals surface area contributed by atoms with Gasteiger partial charge in [-0.25, -0.2) is 4.39 Å². The summed E-state index contributed by atoms with van der Waals surface area (Å²) in [4.78, 5) is 37.6. The van der Waals surface area contributed by atoms with Crippen LogP contribution in [0.15, 0.2) is 40.8 Å². The molecule has 1 aromatic carbocycles. The molecule has 9 heteroatoms. The number of piperazine rings is 1. The van der Waals surface area contributed by atoms with Crippen molar-refractivity contribution in [1.82, 2.24) is 9.80 Å². The third kappa shape index (κ3) is 3.49. The quantitative estimate of drug-likeness (QED) is 0.624. The van der Waals surface area contributed by atoms with E-state index in [4.69, 9.17) is 4.42 Å². The van der Waals surface area contributed by atoms with E-state index in [2.05, 4.69) is 0 Å². The van der Waals surface area contributed by atoms with Gasteiger partial charge in [0, 0.05) is 31.7 Å². The monoisotopic (exact) mass is 347 g/mol. The van der Waals surface area contributed by atoms with E-state index in [0.29, 0.717) is 18.7 Å². The molecule has 0 N–H and O–H groups in total. The van der Waals surface area contributed by atoms with Gasteiger partial charge >= 0.3 is 5.88 Å². The Balaban J connectivity index is 1.61. The second kappa shape index (κ2) is 6.71. The Morgan fingerprint density at radius 2 is 1.52 bits per heavy atom. The molecule has 0 radical (unpaired) electrons. The molecule has 1 aliphatic rings. The first kappa shape index (κ1) is 16.6. The molecule has 8 nitrogen and oxygen atoms in total. The normalized spacial score (nSPS) is 14.4. The predicted octanol–water partition coefficient (Wildman–Crippen LogP) is 1.93. The molecule has 1 aromatic heterocycles. The van der Waals surface area contributed by atoms with E-state index in [1.54, 1.807) is 4.90 Å². The van der Waals surface area contributed by atoms with Crippen LogP contribution in [-0.4, -0.2) is 52.7 Å².